The highest BCUT2D eigenvalue weighted by atomic mass is 35.5. The Balaban J connectivity index is 1.62. The van der Waals surface area contributed by atoms with Crippen molar-refractivity contribution in [3.8, 4) is 11.8 Å². The summed E-state index contributed by atoms with van der Waals surface area (Å²) in [7, 11) is 0. The van der Waals surface area contributed by atoms with Crippen LogP contribution in [-0.2, 0) is 11.3 Å². The maximum absolute atomic E-state index is 12.3. The van der Waals surface area contributed by atoms with E-state index < -0.39 is 0 Å². The minimum absolute atomic E-state index is 0.102. The Morgan fingerprint density at radius 3 is 2.88 bits per heavy atom. The van der Waals surface area contributed by atoms with E-state index >= 15 is 0 Å². The predicted octanol–water partition coefficient (Wildman–Crippen LogP) is 2.22. The van der Waals surface area contributed by atoms with Crippen molar-refractivity contribution in [1.29, 1.82) is 0 Å². The molecule has 0 radical (unpaired) electrons. The van der Waals surface area contributed by atoms with Gasteiger partial charge in [-0.15, -0.1) is 0 Å². The Hall–Kier alpha value is -3.10. The summed E-state index contributed by atoms with van der Waals surface area (Å²) in [5, 5.41) is 3.75. The van der Waals surface area contributed by atoms with E-state index in [2.05, 4.69) is 22.1 Å². The quantitative estimate of drug-likeness (QED) is 0.736. The van der Waals surface area contributed by atoms with Crippen LogP contribution in [0.15, 0.2) is 59.7 Å². The molecule has 3 aromatic rings. The number of halogens is 1. The van der Waals surface area contributed by atoms with Gasteiger partial charge in [-0.05, 0) is 30.3 Å². The van der Waals surface area contributed by atoms with Gasteiger partial charge in [0, 0.05) is 10.6 Å². The maximum atomic E-state index is 12.3. The third kappa shape index (κ3) is 4.25. The van der Waals surface area contributed by atoms with Gasteiger partial charge >= 0.3 is 0 Å². The molecule has 0 aliphatic rings. The van der Waals surface area contributed by atoms with Gasteiger partial charge in [0.1, 0.15) is 6.54 Å². The molecule has 1 aromatic heterocycles. The first-order valence-corrected chi connectivity index (χ1v) is 7.96. The molecule has 0 aliphatic carbocycles. The normalized spacial score (nSPS) is 10.1. The molecule has 0 bridgehead atoms. The molecule has 0 spiro atoms. The molecule has 0 atom stereocenters. The van der Waals surface area contributed by atoms with E-state index in [1.807, 2.05) is 18.2 Å². The maximum Gasteiger partial charge on any atom is 0.261 e. The van der Waals surface area contributed by atoms with E-state index in [9.17, 15) is 9.59 Å². The average molecular weight is 352 g/mol. The van der Waals surface area contributed by atoms with Crippen molar-refractivity contribution in [3.63, 3.8) is 0 Å². The molecule has 0 unspecified atom stereocenters. The SMILES string of the molecule is O=C(Cn1cnc2ccccc2c1=O)NCC#Cc1cccc(Cl)c1. The van der Waals surface area contributed by atoms with Crippen LogP contribution in [0.25, 0.3) is 10.9 Å². The Labute approximate surface area is 149 Å². The summed E-state index contributed by atoms with van der Waals surface area (Å²) in [5.74, 6) is 5.45. The zero-order valence-electron chi connectivity index (χ0n) is 13.2. The van der Waals surface area contributed by atoms with Gasteiger partial charge in [0.25, 0.3) is 5.56 Å². The molecule has 0 fully saturated rings. The number of aromatic nitrogens is 2. The average Bonchev–Trinajstić information content (AvgIpc) is 2.61. The Bertz CT molecular complexity index is 1050. The van der Waals surface area contributed by atoms with Gasteiger partial charge in [-0.3, -0.25) is 14.2 Å². The molecular formula is C19H14ClN3O2. The topological polar surface area (TPSA) is 64.0 Å². The summed E-state index contributed by atoms with van der Waals surface area (Å²) in [5.41, 5.74) is 1.14. The first-order valence-electron chi connectivity index (χ1n) is 7.59. The highest BCUT2D eigenvalue weighted by Crippen LogP contribution is 2.09. The van der Waals surface area contributed by atoms with Crippen molar-refractivity contribution in [2.75, 3.05) is 6.54 Å². The summed E-state index contributed by atoms with van der Waals surface area (Å²) >= 11 is 5.88. The number of hydrogen-bond donors (Lipinski definition) is 1. The summed E-state index contributed by atoms with van der Waals surface area (Å²) < 4.78 is 1.28. The van der Waals surface area contributed by atoms with Crippen molar-refractivity contribution in [1.82, 2.24) is 14.9 Å². The highest BCUT2D eigenvalue weighted by Gasteiger charge is 2.06. The fourth-order valence-electron chi connectivity index (χ4n) is 2.28. The van der Waals surface area contributed by atoms with E-state index in [4.69, 9.17) is 11.6 Å². The highest BCUT2D eigenvalue weighted by molar-refractivity contribution is 6.30. The van der Waals surface area contributed by atoms with Crippen LogP contribution in [0.4, 0.5) is 0 Å². The summed E-state index contributed by atoms with van der Waals surface area (Å²) in [6, 6.07) is 14.2. The summed E-state index contributed by atoms with van der Waals surface area (Å²) in [6.07, 6.45) is 1.38. The molecule has 0 aliphatic heterocycles. The number of fused-ring (bicyclic) bond motifs is 1. The molecule has 124 valence electrons. The van der Waals surface area contributed by atoms with Crippen LogP contribution < -0.4 is 10.9 Å². The van der Waals surface area contributed by atoms with Crippen LogP contribution in [0, 0.1) is 11.8 Å². The number of hydrogen-bond acceptors (Lipinski definition) is 3. The first kappa shape index (κ1) is 16.7. The molecule has 0 saturated heterocycles. The van der Waals surface area contributed by atoms with Crippen molar-refractivity contribution < 1.29 is 4.79 Å². The van der Waals surface area contributed by atoms with Gasteiger partial charge < -0.3 is 5.32 Å². The second-order valence-corrected chi connectivity index (χ2v) is 5.72. The smallest absolute Gasteiger partial charge is 0.261 e. The van der Waals surface area contributed by atoms with E-state index in [0.717, 1.165) is 5.56 Å². The number of nitrogens with one attached hydrogen (secondary N) is 1. The molecule has 5 nitrogen and oxygen atoms in total. The third-order valence-electron chi connectivity index (χ3n) is 3.48. The van der Waals surface area contributed by atoms with E-state index in [1.54, 1.807) is 30.3 Å². The van der Waals surface area contributed by atoms with E-state index in [-0.39, 0.29) is 24.6 Å². The van der Waals surface area contributed by atoms with E-state index in [0.29, 0.717) is 15.9 Å². The fraction of sp³-hybridized carbons (Fsp3) is 0.105. The fourth-order valence-corrected chi connectivity index (χ4v) is 2.47. The number of amides is 1. The van der Waals surface area contributed by atoms with Crippen molar-refractivity contribution in [3.05, 3.63) is 75.8 Å². The molecule has 1 amide bonds. The number of rotatable bonds is 3. The van der Waals surface area contributed by atoms with Gasteiger partial charge in [0.2, 0.25) is 5.91 Å². The minimum Gasteiger partial charge on any atom is -0.344 e. The van der Waals surface area contributed by atoms with Crippen LogP contribution in [0.2, 0.25) is 5.02 Å². The molecule has 25 heavy (non-hydrogen) atoms. The monoisotopic (exact) mass is 351 g/mol. The molecule has 0 saturated carbocycles. The summed E-state index contributed by atoms with van der Waals surface area (Å²) in [6.45, 7) is 0.0800. The molecule has 6 heteroatoms. The minimum atomic E-state index is -0.306. The Kier molecular flexibility index (Phi) is 5.12. The van der Waals surface area contributed by atoms with Gasteiger partial charge in [0.15, 0.2) is 0 Å². The third-order valence-corrected chi connectivity index (χ3v) is 3.71. The number of para-hydroxylation sites is 1. The lowest BCUT2D eigenvalue weighted by Gasteiger charge is -2.06. The summed E-state index contributed by atoms with van der Waals surface area (Å²) in [4.78, 5) is 28.5. The van der Waals surface area contributed by atoms with Gasteiger partial charge in [-0.25, -0.2) is 4.98 Å². The number of benzene rings is 2. The number of carbonyl (C=O) groups is 1. The van der Waals surface area contributed by atoms with Gasteiger partial charge in [-0.2, -0.15) is 0 Å². The van der Waals surface area contributed by atoms with Gasteiger partial charge in [-0.1, -0.05) is 41.6 Å². The Morgan fingerprint density at radius 1 is 1.20 bits per heavy atom. The zero-order valence-corrected chi connectivity index (χ0v) is 14.0. The molecule has 1 N–H and O–H groups in total. The van der Waals surface area contributed by atoms with Crippen molar-refractivity contribution in [2.45, 2.75) is 6.54 Å². The molecule has 2 aromatic carbocycles. The second-order valence-electron chi connectivity index (χ2n) is 5.28. The largest absolute Gasteiger partial charge is 0.344 e. The van der Waals surface area contributed by atoms with Crippen molar-refractivity contribution >= 4 is 28.4 Å². The van der Waals surface area contributed by atoms with Crippen LogP contribution in [0.1, 0.15) is 5.56 Å². The van der Waals surface area contributed by atoms with Crippen LogP contribution >= 0.6 is 11.6 Å². The number of carbonyl (C=O) groups excluding carboxylic acids is 1. The van der Waals surface area contributed by atoms with Crippen LogP contribution in [0.5, 0.6) is 0 Å². The molecular weight excluding hydrogens is 338 g/mol. The zero-order chi connectivity index (χ0) is 17.6. The van der Waals surface area contributed by atoms with Crippen molar-refractivity contribution in [2.24, 2.45) is 0 Å². The van der Waals surface area contributed by atoms with Crippen LogP contribution in [0.3, 0.4) is 0 Å². The lowest BCUT2D eigenvalue weighted by atomic mass is 10.2. The number of nitrogens with zero attached hydrogens (tertiary/aromatic N) is 2. The second kappa shape index (κ2) is 7.65. The lowest BCUT2D eigenvalue weighted by molar-refractivity contribution is -0.121. The van der Waals surface area contributed by atoms with Gasteiger partial charge in [0.05, 0.1) is 23.8 Å². The lowest BCUT2D eigenvalue weighted by Crippen LogP contribution is -2.32. The Morgan fingerprint density at radius 2 is 2.04 bits per heavy atom. The molecule has 1 heterocycles. The predicted molar refractivity (Wildman–Crippen MR) is 97.3 cm³/mol. The standard InChI is InChI=1S/C19H14ClN3O2/c20-15-7-3-5-14(11-15)6-4-10-21-18(24)12-23-13-22-17-9-2-1-8-16(17)19(23)25/h1-3,5,7-9,11,13H,10,12H2,(H,21,24). The van der Waals surface area contributed by atoms with E-state index in [1.165, 1.54) is 10.9 Å². The van der Waals surface area contributed by atoms with Crippen LogP contribution in [-0.4, -0.2) is 22.0 Å². The molecule has 3 rings (SSSR count). The first-order chi connectivity index (χ1) is 12.1.